The molecule has 0 radical (unpaired) electrons. The number of nitrogens with two attached hydrogens (primary N) is 1. The first-order valence-corrected chi connectivity index (χ1v) is 11.4. The molecule has 2 amide bonds. The highest BCUT2D eigenvalue weighted by atomic mass is 16.4. The van der Waals surface area contributed by atoms with Crippen LogP contribution in [-0.4, -0.2) is 39.3 Å². The molecule has 4 rings (SSSR count). The van der Waals surface area contributed by atoms with Crippen molar-refractivity contribution in [3.05, 3.63) is 101 Å². The summed E-state index contributed by atoms with van der Waals surface area (Å²) in [7, 11) is 0. The van der Waals surface area contributed by atoms with E-state index in [9.17, 15) is 19.5 Å². The summed E-state index contributed by atoms with van der Waals surface area (Å²) in [5, 5.41) is 9.21. The largest absolute Gasteiger partial charge is 0.475 e. The minimum Gasteiger partial charge on any atom is -0.475 e. The van der Waals surface area contributed by atoms with Crippen molar-refractivity contribution in [3.63, 3.8) is 0 Å². The topological polar surface area (TPSA) is 114 Å². The number of pyridine rings is 1. The van der Waals surface area contributed by atoms with Crippen LogP contribution < -0.4 is 5.73 Å². The molecule has 1 heterocycles. The second-order valence-electron chi connectivity index (χ2n) is 8.52. The lowest BCUT2D eigenvalue weighted by Gasteiger charge is -2.34. The van der Waals surface area contributed by atoms with Crippen LogP contribution >= 0.6 is 0 Å². The first-order chi connectivity index (χ1) is 16.5. The smallest absolute Gasteiger partial charge is 0.377 e. The molecule has 0 aliphatic heterocycles. The van der Waals surface area contributed by atoms with Crippen molar-refractivity contribution in [2.75, 3.05) is 6.54 Å². The highest BCUT2D eigenvalue weighted by molar-refractivity contribution is 6.40. The van der Waals surface area contributed by atoms with Crippen LogP contribution in [0, 0.1) is 0 Å². The van der Waals surface area contributed by atoms with Gasteiger partial charge in [-0.1, -0.05) is 54.6 Å². The molecule has 0 spiro atoms. The normalized spacial score (nSPS) is 15.7. The van der Waals surface area contributed by atoms with Crippen LogP contribution in [0.15, 0.2) is 73.1 Å². The van der Waals surface area contributed by atoms with Gasteiger partial charge in [-0.25, -0.2) is 9.59 Å². The van der Waals surface area contributed by atoms with Gasteiger partial charge in [-0.2, -0.15) is 0 Å². The van der Waals surface area contributed by atoms with Crippen LogP contribution in [0.4, 0.5) is 4.79 Å². The van der Waals surface area contributed by atoms with E-state index in [1.807, 2.05) is 48.5 Å². The summed E-state index contributed by atoms with van der Waals surface area (Å²) in [5.74, 6) is -2.23. The zero-order chi connectivity index (χ0) is 24.1. The zero-order valence-electron chi connectivity index (χ0n) is 18.8. The van der Waals surface area contributed by atoms with Crippen molar-refractivity contribution in [1.29, 1.82) is 0 Å². The van der Waals surface area contributed by atoms with Gasteiger partial charge in [0.1, 0.15) is 0 Å². The maximum Gasteiger partial charge on any atom is 0.377 e. The van der Waals surface area contributed by atoms with Crippen molar-refractivity contribution in [1.82, 2.24) is 9.88 Å². The van der Waals surface area contributed by atoms with Gasteiger partial charge in [-0.15, -0.1) is 0 Å². The molecule has 2 aromatic carbocycles. The van der Waals surface area contributed by atoms with E-state index in [0.717, 1.165) is 35.1 Å². The first kappa shape index (κ1) is 23.2. The Morgan fingerprint density at radius 3 is 2.47 bits per heavy atom. The van der Waals surface area contributed by atoms with E-state index in [0.29, 0.717) is 19.4 Å². The maximum atomic E-state index is 12.6. The third kappa shape index (κ3) is 4.83. The number of hydrogen-bond acceptors (Lipinski definition) is 4. The number of carbonyl (C=O) groups excluding carboxylic acids is 2. The monoisotopic (exact) mass is 457 g/mol. The minimum atomic E-state index is -1.45. The number of carbonyl (C=O) groups is 3. The Morgan fingerprint density at radius 2 is 1.79 bits per heavy atom. The predicted octanol–water partition coefficient (Wildman–Crippen LogP) is 4.33. The number of rotatable bonds is 8. The van der Waals surface area contributed by atoms with E-state index in [1.165, 1.54) is 0 Å². The number of hydrogen-bond donors (Lipinski definition) is 2. The second kappa shape index (κ2) is 10.3. The van der Waals surface area contributed by atoms with Crippen molar-refractivity contribution in [2.24, 2.45) is 5.73 Å². The van der Waals surface area contributed by atoms with Gasteiger partial charge in [-0.3, -0.25) is 9.78 Å². The standard InChI is InChI=1S/C27H27N3O4/c28-27(34)30(24(19-7-2-1-3-8-19)20-10-6-15-29-17-20)16-14-18-9-4-12-22-21(18)11-5-13-23(22)25(31)26(32)33/h1-3,5-8,10-11,13,15,17-18,24H,4,9,12,14,16H2,(H2,28,34)(H,32,33). The summed E-state index contributed by atoms with van der Waals surface area (Å²) in [6, 6.07) is 17.9. The van der Waals surface area contributed by atoms with E-state index < -0.39 is 17.8 Å². The van der Waals surface area contributed by atoms with E-state index in [2.05, 4.69) is 4.98 Å². The highest BCUT2D eigenvalue weighted by Crippen LogP contribution is 2.37. The number of aliphatic carboxylic acids is 1. The first-order valence-electron chi connectivity index (χ1n) is 11.4. The summed E-state index contributed by atoms with van der Waals surface area (Å²) in [5.41, 5.74) is 9.74. The number of nitrogens with zero attached hydrogens (tertiary/aromatic N) is 2. The second-order valence-corrected chi connectivity index (χ2v) is 8.52. The average Bonchev–Trinajstić information content (AvgIpc) is 2.86. The average molecular weight is 458 g/mol. The Balaban J connectivity index is 1.63. The lowest BCUT2D eigenvalue weighted by molar-refractivity contribution is -0.131. The summed E-state index contributed by atoms with van der Waals surface area (Å²) in [6.45, 7) is 0.408. The van der Waals surface area contributed by atoms with Crippen LogP contribution in [0.25, 0.3) is 0 Å². The number of Topliss-reactive ketones (excluding diaryl/α,β-unsaturated/α-hetero) is 1. The van der Waals surface area contributed by atoms with Gasteiger partial charge in [0.15, 0.2) is 0 Å². The fourth-order valence-corrected chi connectivity index (χ4v) is 4.96. The predicted molar refractivity (Wildman–Crippen MR) is 128 cm³/mol. The summed E-state index contributed by atoms with van der Waals surface area (Å²) in [6.07, 6.45) is 6.49. The number of primary amides is 1. The van der Waals surface area contributed by atoms with E-state index >= 15 is 0 Å². The minimum absolute atomic E-state index is 0.0949. The molecule has 0 saturated carbocycles. The van der Waals surface area contributed by atoms with Gasteiger partial charge in [0.25, 0.3) is 5.78 Å². The summed E-state index contributed by atoms with van der Waals surface area (Å²) >= 11 is 0. The van der Waals surface area contributed by atoms with E-state index in [4.69, 9.17) is 5.73 Å². The van der Waals surface area contributed by atoms with Crippen LogP contribution in [0.5, 0.6) is 0 Å². The van der Waals surface area contributed by atoms with Gasteiger partial charge < -0.3 is 15.7 Å². The Hall–Kier alpha value is -4.00. The third-order valence-corrected chi connectivity index (χ3v) is 6.50. The summed E-state index contributed by atoms with van der Waals surface area (Å²) < 4.78 is 0. The molecular weight excluding hydrogens is 430 g/mol. The number of aromatic nitrogens is 1. The lowest BCUT2D eigenvalue weighted by atomic mass is 9.78. The van der Waals surface area contributed by atoms with Crippen molar-refractivity contribution in [3.8, 4) is 0 Å². The lowest BCUT2D eigenvalue weighted by Crippen LogP contribution is -2.40. The molecule has 1 aliphatic rings. The van der Waals surface area contributed by atoms with Gasteiger partial charge in [0.2, 0.25) is 0 Å². The fraction of sp³-hybridized carbons (Fsp3) is 0.259. The SMILES string of the molecule is NC(=O)N(CCC1CCCc2c(C(=O)C(=O)O)cccc21)C(c1ccccc1)c1cccnc1. The molecular formula is C27H27N3O4. The van der Waals surface area contributed by atoms with Crippen LogP contribution in [0.2, 0.25) is 0 Å². The Labute approximate surface area is 198 Å². The molecule has 3 N–H and O–H groups in total. The Bertz CT molecular complexity index is 1140. The van der Waals surface area contributed by atoms with Crippen molar-refractivity contribution in [2.45, 2.75) is 37.6 Å². The number of amides is 2. The number of benzene rings is 2. The molecule has 2 unspecified atom stereocenters. The number of carboxylic acids is 1. The molecule has 1 aliphatic carbocycles. The maximum absolute atomic E-state index is 12.6. The summed E-state index contributed by atoms with van der Waals surface area (Å²) in [4.78, 5) is 42.0. The number of urea groups is 1. The Kier molecular flexibility index (Phi) is 7.01. The van der Waals surface area contributed by atoms with E-state index in [1.54, 1.807) is 29.4 Å². The van der Waals surface area contributed by atoms with Crippen LogP contribution in [0.1, 0.15) is 63.8 Å². The van der Waals surface area contributed by atoms with Crippen molar-refractivity contribution < 1.29 is 19.5 Å². The molecule has 0 saturated heterocycles. The number of ketones is 1. The number of fused-ring (bicyclic) bond motifs is 1. The molecule has 0 fully saturated rings. The van der Waals surface area contributed by atoms with Gasteiger partial charge >= 0.3 is 12.0 Å². The van der Waals surface area contributed by atoms with Gasteiger partial charge in [-0.05, 0) is 59.9 Å². The zero-order valence-corrected chi connectivity index (χ0v) is 18.8. The Morgan fingerprint density at radius 1 is 1.03 bits per heavy atom. The van der Waals surface area contributed by atoms with Gasteiger partial charge in [0.05, 0.1) is 6.04 Å². The molecule has 34 heavy (non-hydrogen) atoms. The quantitative estimate of drug-likeness (QED) is 0.386. The van der Waals surface area contributed by atoms with Crippen LogP contribution in [0.3, 0.4) is 0 Å². The molecule has 174 valence electrons. The van der Waals surface area contributed by atoms with Crippen LogP contribution in [-0.2, 0) is 11.2 Å². The molecule has 1 aromatic heterocycles. The van der Waals surface area contributed by atoms with Crippen molar-refractivity contribution >= 4 is 17.8 Å². The highest BCUT2D eigenvalue weighted by Gasteiger charge is 2.30. The number of carboxylic acid groups (broad SMARTS) is 1. The third-order valence-electron chi connectivity index (χ3n) is 6.50. The van der Waals surface area contributed by atoms with E-state index in [-0.39, 0.29) is 17.5 Å². The van der Waals surface area contributed by atoms with Gasteiger partial charge in [0, 0.05) is 24.5 Å². The molecule has 7 nitrogen and oxygen atoms in total. The molecule has 0 bridgehead atoms. The molecule has 2 atom stereocenters. The molecule has 7 heteroatoms. The molecule has 3 aromatic rings. The fourth-order valence-electron chi connectivity index (χ4n) is 4.96.